The molecule has 3 heterocycles. The Morgan fingerprint density at radius 2 is 1.93 bits per heavy atom. The average Bonchev–Trinajstić information content (AvgIpc) is 3.47. The lowest BCUT2D eigenvalue weighted by molar-refractivity contribution is 0.0689. The summed E-state index contributed by atoms with van der Waals surface area (Å²) in [7, 11) is 0. The molecule has 2 aliphatic rings. The zero-order valence-electron chi connectivity index (χ0n) is 17.9. The molecule has 0 saturated carbocycles. The second kappa shape index (κ2) is 9.36. The fraction of sp³-hybridized carbons (Fsp3) is 0.500. The van der Waals surface area contributed by atoms with Crippen molar-refractivity contribution in [1.29, 1.82) is 0 Å². The van der Waals surface area contributed by atoms with E-state index in [4.69, 9.17) is 11.6 Å². The molecule has 160 valence electrons. The molecule has 2 fully saturated rings. The first kappa shape index (κ1) is 21.1. The number of rotatable bonds is 6. The summed E-state index contributed by atoms with van der Waals surface area (Å²) in [5.41, 5.74) is 1.97. The number of aromatic nitrogens is 1. The number of amides is 1. The van der Waals surface area contributed by atoms with E-state index in [1.807, 2.05) is 11.0 Å². The Balaban J connectivity index is 1.48. The van der Waals surface area contributed by atoms with E-state index in [0.29, 0.717) is 23.3 Å². The third-order valence-corrected chi connectivity index (χ3v) is 6.72. The Morgan fingerprint density at radius 1 is 1.20 bits per heavy atom. The maximum Gasteiger partial charge on any atom is 0.254 e. The Hall–Kier alpha value is -2.11. The molecule has 2 saturated heterocycles. The van der Waals surface area contributed by atoms with E-state index in [9.17, 15) is 4.79 Å². The van der Waals surface area contributed by atoms with Crippen molar-refractivity contribution in [1.82, 2.24) is 14.8 Å². The minimum atomic E-state index is 0.0569. The largest absolute Gasteiger partial charge is 0.357 e. The molecule has 0 N–H and O–H groups in total. The molecule has 1 aromatic carbocycles. The summed E-state index contributed by atoms with van der Waals surface area (Å²) in [4.78, 5) is 24.6. The standard InChI is InChI=1S/C24H31ClN4O/c1-3-29(21-11-14-28(17-21)18(2)19-9-5-4-6-10-19)24(30)20-15-22(25)26-23(16-20)27-12-7-8-13-27/h4-6,9-10,15-16,18,21H,3,7-8,11-14,17H2,1-2H3. The number of hydrogen-bond donors (Lipinski definition) is 0. The Morgan fingerprint density at radius 3 is 2.63 bits per heavy atom. The van der Waals surface area contributed by atoms with Crippen LogP contribution < -0.4 is 4.90 Å². The van der Waals surface area contributed by atoms with E-state index < -0.39 is 0 Å². The van der Waals surface area contributed by atoms with E-state index in [0.717, 1.165) is 51.3 Å². The van der Waals surface area contributed by atoms with Gasteiger partial charge in [0.1, 0.15) is 11.0 Å². The van der Waals surface area contributed by atoms with Gasteiger partial charge in [0.15, 0.2) is 0 Å². The summed E-state index contributed by atoms with van der Waals surface area (Å²) in [6.45, 7) is 8.86. The summed E-state index contributed by atoms with van der Waals surface area (Å²) < 4.78 is 0. The second-order valence-electron chi connectivity index (χ2n) is 8.35. The fourth-order valence-electron chi connectivity index (χ4n) is 4.76. The number of likely N-dealkylation sites (tertiary alicyclic amines) is 1. The second-order valence-corrected chi connectivity index (χ2v) is 8.73. The van der Waals surface area contributed by atoms with Gasteiger partial charge in [-0.3, -0.25) is 9.69 Å². The van der Waals surface area contributed by atoms with Crippen molar-refractivity contribution in [2.24, 2.45) is 0 Å². The number of likely N-dealkylation sites (N-methyl/N-ethyl adjacent to an activating group) is 1. The van der Waals surface area contributed by atoms with Crippen LogP contribution in [0.1, 0.15) is 55.1 Å². The Kier molecular flexibility index (Phi) is 6.59. The third-order valence-electron chi connectivity index (χ3n) is 6.52. The topological polar surface area (TPSA) is 39.7 Å². The Labute approximate surface area is 184 Å². The maximum atomic E-state index is 13.4. The summed E-state index contributed by atoms with van der Waals surface area (Å²) in [5, 5.41) is 0.393. The summed E-state index contributed by atoms with van der Waals surface area (Å²) >= 11 is 6.30. The van der Waals surface area contributed by atoms with E-state index >= 15 is 0 Å². The molecule has 2 aromatic rings. The molecule has 2 atom stereocenters. The molecular weight excluding hydrogens is 396 g/mol. The van der Waals surface area contributed by atoms with Gasteiger partial charge >= 0.3 is 0 Å². The van der Waals surface area contributed by atoms with Crippen molar-refractivity contribution in [2.75, 3.05) is 37.6 Å². The van der Waals surface area contributed by atoms with Gasteiger partial charge < -0.3 is 9.80 Å². The molecule has 0 spiro atoms. The number of carbonyl (C=O) groups excluding carboxylic acids is 1. The maximum absolute atomic E-state index is 13.4. The highest BCUT2D eigenvalue weighted by Gasteiger charge is 2.33. The smallest absolute Gasteiger partial charge is 0.254 e. The molecule has 2 unspecified atom stereocenters. The van der Waals surface area contributed by atoms with Gasteiger partial charge in [0.05, 0.1) is 0 Å². The van der Waals surface area contributed by atoms with Gasteiger partial charge in [-0.05, 0) is 50.8 Å². The fourth-order valence-corrected chi connectivity index (χ4v) is 4.97. The van der Waals surface area contributed by atoms with Crippen molar-refractivity contribution in [3.8, 4) is 0 Å². The predicted molar refractivity (Wildman–Crippen MR) is 122 cm³/mol. The zero-order valence-corrected chi connectivity index (χ0v) is 18.7. The number of nitrogens with zero attached hydrogens (tertiary/aromatic N) is 4. The molecule has 4 rings (SSSR count). The van der Waals surface area contributed by atoms with Crippen LogP contribution in [0.15, 0.2) is 42.5 Å². The first-order valence-corrected chi connectivity index (χ1v) is 11.5. The minimum Gasteiger partial charge on any atom is -0.357 e. The molecule has 6 heteroatoms. The average molecular weight is 427 g/mol. The summed E-state index contributed by atoms with van der Waals surface area (Å²) in [5.74, 6) is 0.881. The van der Waals surface area contributed by atoms with Gasteiger partial charge in [-0.1, -0.05) is 41.9 Å². The van der Waals surface area contributed by atoms with Crippen LogP contribution in [0.3, 0.4) is 0 Å². The van der Waals surface area contributed by atoms with E-state index in [-0.39, 0.29) is 11.9 Å². The third kappa shape index (κ3) is 4.47. The molecule has 30 heavy (non-hydrogen) atoms. The molecule has 2 aliphatic heterocycles. The van der Waals surface area contributed by atoms with Gasteiger partial charge in [-0.15, -0.1) is 0 Å². The van der Waals surface area contributed by atoms with E-state index in [1.54, 1.807) is 6.07 Å². The van der Waals surface area contributed by atoms with E-state index in [2.05, 4.69) is 59.0 Å². The molecule has 0 radical (unpaired) electrons. The van der Waals surface area contributed by atoms with Crippen LogP contribution in [0.25, 0.3) is 0 Å². The van der Waals surface area contributed by atoms with Crippen LogP contribution in [0.2, 0.25) is 5.15 Å². The van der Waals surface area contributed by atoms with Crippen molar-refractivity contribution < 1.29 is 4.79 Å². The minimum absolute atomic E-state index is 0.0569. The molecule has 0 aliphatic carbocycles. The summed E-state index contributed by atoms with van der Waals surface area (Å²) in [6, 6.07) is 14.8. The lowest BCUT2D eigenvalue weighted by atomic mass is 10.1. The van der Waals surface area contributed by atoms with Crippen LogP contribution in [-0.2, 0) is 0 Å². The van der Waals surface area contributed by atoms with Gasteiger partial charge in [-0.2, -0.15) is 0 Å². The number of pyridine rings is 1. The Bertz CT molecular complexity index is 869. The van der Waals surface area contributed by atoms with Crippen LogP contribution in [0.4, 0.5) is 5.82 Å². The molecule has 1 aromatic heterocycles. The zero-order chi connectivity index (χ0) is 21.1. The van der Waals surface area contributed by atoms with Gasteiger partial charge in [0, 0.05) is 50.4 Å². The number of anilines is 1. The number of halogens is 1. The number of carbonyl (C=O) groups is 1. The van der Waals surface area contributed by atoms with Crippen molar-refractivity contribution in [3.05, 3.63) is 58.7 Å². The monoisotopic (exact) mass is 426 g/mol. The first-order chi connectivity index (χ1) is 14.6. The normalized spacial score (nSPS) is 20.5. The molecule has 0 bridgehead atoms. The number of hydrogen-bond acceptors (Lipinski definition) is 4. The van der Waals surface area contributed by atoms with Crippen molar-refractivity contribution >= 4 is 23.3 Å². The molecule has 1 amide bonds. The van der Waals surface area contributed by atoms with Crippen LogP contribution in [-0.4, -0.2) is 59.5 Å². The quantitative estimate of drug-likeness (QED) is 0.631. The molecule has 5 nitrogen and oxygen atoms in total. The SMILES string of the molecule is CCN(C(=O)c1cc(Cl)nc(N2CCCC2)c1)C1CCN(C(C)c2ccccc2)C1. The summed E-state index contributed by atoms with van der Waals surface area (Å²) in [6.07, 6.45) is 3.32. The predicted octanol–water partition coefficient (Wildman–Crippen LogP) is 4.63. The number of benzene rings is 1. The van der Waals surface area contributed by atoms with Crippen molar-refractivity contribution in [2.45, 2.75) is 45.2 Å². The lowest BCUT2D eigenvalue weighted by Crippen LogP contribution is -2.42. The van der Waals surface area contributed by atoms with Crippen molar-refractivity contribution in [3.63, 3.8) is 0 Å². The van der Waals surface area contributed by atoms with Gasteiger partial charge in [0.25, 0.3) is 5.91 Å². The van der Waals surface area contributed by atoms with Gasteiger partial charge in [0.2, 0.25) is 0 Å². The van der Waals surface area contributed by atoms with Gasteiger partial charge in [-0.25, -0.2) is 4.98 Å². The highest BCUT2D eigenvalue weighted by atomic mass is 35.5. The first-order valence-electron chi connectivity index (χ1n) is 11.1. The van der Waals surface area contributed by atoms with Crippen LogP contribution >= 0.6 is 11.6 Å². The highest BCUT2D eigenvalue weighted by molar-refractivity contribution is 6.29. The van der Waals surface area contributed by atoms with Crippen LogP contribution in [0, 0.1) is 0 Å². The van der Waals surface area contributed by atoms with Crippen LogP contribution in [0.5, 0.6) is 0 Å². The lowest BCUT2D eigenvalue weighted by Gasteiger charge is -2.30. The van der Waals surface area contributed by atoms with E-state index in [1.165, 1.54) is 5.56 Å². The molecular formula is C24H31ClN4O. The highest BCUT2D eigenvalue weighted by Crippen LogP contribution is 2.28.